The topological polar surface area (TPSA) is 58.9 Å². The Labute approximate surface area is 40.5 Å². The highest BCUT2D eigenvalue weighted by molar-refractivity contribution is 4.77. The average Bonchev–Trinajstić information content (AvgIpc) is 1.68. The molecular weight excluding hydrogens is 100 g/mol. The standard InChI is InChI=1S/C3H6O4/c1-3(7-5)2-6-4/h2,4-5H,1H3/b3-2+. The highest BCUT2D eigenvalue weighted by Gasteiger charge is 1.82. The molecule has 0 amide bonds. The van der Waals surface area contributed by atoms with E-state index < -0.39 is 0 Å². The first kappa shape index (κ1) is 6.26. The Morgan fingerprint density at radius 2 is 2.14 bits per heavy atom. The van der Waals surface area contributed by atoms with E-state index in [2.05, 4.69) is 9.78 Å². The molecule has 0 aliphatic heterocycles. The van der Waals surface area contributed by atoms with Gasteiger partial charge in [-0.25, -0.2) is 10.5 Å². The zero-order chi connectivity index (χ0) is 5.70. The summed E-state index contributed by atoms with van der Waals surface area (Å²) >= 11 is 0. The first-order valence-corrected chi connectivity index (χ1v) is 1.59. The molecule has 0 saturated carbocycles. The molecular formula is C3H6O4. The van der Waals surface area contributed by atoms with E-state index in [9.17, 15) is 0 Å². The van der Waals surface area contributed by atoms with Crippen molar-refractivity contribution in [2.75, 3.05) is 0 Å². The van der Waals surface area contributed by atoms with Crippen LogP contribution in [0.2, 0.25) is 0 Å². The van der Waals surface area contributed by atoms with Gasteiger partial charge in [-0.1, -0.05) is 0 Å². The molecule has 0 unspecified atom stereocenters. The van der Waals surface area contributed by atoms with Gasteiger partial charge >= 0.3 is 0 Å². The van der Waals surface area contributed by atoms with Crippen LogP contribution in [0.4, 0.5) is 0 Å². The third-order valence-corrected chi connectivity index (χ3v) is 0.363. The SMILES string of the molecule is C/C(=C\OO)OO. The molecule has 0 saturated heterocycles. The van der Waals surface area contributed by atoms with Crippen LogP contribution in [0.15, 0.2) is 12.0 Å². The maximum atomic E-state index is 7.71. The van der Waals surface area contributed by atoms with Crippen LogP contribution < -0.4 is 0 Å². The van der Waals surface area contributed by atoms with Gasteiger partial charge in [-0.2, -0.15) is 0 Å². The predicted molar refractivity (Wildman–Crippen MR) is 21.2 cm³/mol. The molecule has 0 bridgehead atoms. The third kappa shape index (κ3) is 3.08. The number of rotatable bonds is 2. The van der Waals surface area contributed by atoms with Crippen molar-refractivity contribution in [3.63, 3.8) is 0 Å². The summed E-state index contributed by atoms with van der Waals surface area (Å²) in [5.41, 5.74) is 0. The van der Waals surface area contributed by atoms with Crippen molar-refractivity contribution in [2.45, 2.75) is 6.92 Å². The fourth-order valence-electron chi connectivity index (χ4n) is 0.0957. The van der Waals surface area contributed by atoms with Crippen LogP contribution in [0.3, 0.4) is 0 Å². The van der Waals surface area contributed by atoms with Crippen molar-refractivity contribution >= 4 is 0 Å². The van der Waals surface area contributed by atoms with Gasteiger partial charge in [-0.05, 0) is 0 Å². The van der Waals surface area contributed by atoms with Crippen molar-refractivity contribution in [1.29, 1.82) is 0 Å². The fraction of sp³-hybridized carbons (Fsp3) is 0.333. The van der Waals surface area contributed by atoms with Crippen LogP contribution in [-0.4, -0.2) is 10.5 Å². The zero-order valence-electron chi connectivity index (χ0n) is 3.79. The largest absolute Gasteiger partial charge is 0.344 e. The molecule has 2 N–H and O–H groups in total. The second-order valence-electron chi connectivity index (χ2n) is 0.925. The first-order valence-electron chi connectivity index (χ1n) is 1.59. The summed E-state index contributed by atoms with van der Waals surface area (Å²) in [7, 11) is 0. The lowest BCUT2D eigenvalue weighted by Gasteiger charge is -1.89. The van der Waals surface area contributed by atoms with Crippen molar-refractivity contribution in [1.82, 2.24) is 0 Å². The van der Waals surface area contributed by atoms with Gasteiger partial charge < -0.3 is 9.78 Å². The van der Waals surface area contributed by atoms with E-state index in [4.69, 9.17) is 10.5 Å². The van der Waals surface area contributed by atoms with E-state index in [0.29, 0.717) is 0 Å². The van der Waals surface area contributed by atoms with Crippen LogP contribution >= 0.6 is 0 Å². The summed E-state index contributed by atoms with van der Waals surface area (Å²) in [5, 5.41) is 15.3. The van der Waals surface area contributed by atoms with Crippen LogP contribution in [-0.2, 0) is 9.78 Å². The van der Waals surface area contributed by atoms with E-state index in [1.165, 1.54) is 6.92 Å². The monoisotopic (exact) mass is 106 g/mol. The summed E-state index contributed by atoms with van der Waals surface area (Å²) in [6.07, 6.45) is 0.847. The molecule has 0 aromatic rings. The maximum absolute atomic E-state index is 7.71. The van der Waals surface area contributed by atoms with Gasteiger partial charge in [0.15, 0.2) is 12.0 Å². The van der Waals surface area contributed by atoms with Gasteiger partial charge in [0, 0.05) is 6.92 Å². The quantitative estimate of drug-likeness (QED) is 0.311. The minimum atomic E-state index is 0.0856. The van der Waals surface area contributed by atoms with Crippen LogP contribution in [0.1, 0.15) is 6.92 Å². The van der Waals surface area contributed by atoms with Gasteiger partial charge in [0.25, 0.3) is 0 Å². The Hall–Kier alpha value is -0.740. The smallest absolute Gasteiger partial charge is 0.177 e. The van der Waals surface area contributed by atoms with Crippen LogP contribution in [0.25, 0.3) is 0 Å². The van der Waals surface area contributed by atoms with E-state index >= 15 is 0 Å². The lowest BCUT2D eigenvalue weighted by molar-refractivity contribution is -0.223. The van der Waals surface area contributed by atoms with Crippen molar-refractivity contribution in [3.8, 4) is 0 Å². The second-order valence-corrected chi connectivity index (χ2v) is 0.925. The minimum absolute atomic E-state index is 0.0856. The molecule has 0 atom stereocenters. The van der Waals surface area contributed by atoms with E-state index in [1.807, 2.05) is 0 Å². The summed E-state index contributed by atoms with van der Waals surface area (Å²) in [6.45, 7) is 1.41. The van der Waals surface area contributed by atoms with Gasteiger partial charge in [0.05, 0.1) is 0 Å². The lowest BCUT2D eigenvalue weighted by atomic mass is 10.7. The molecule has 0 fully saturated rings. The van der Waals surface area contributed by atoms with Crippen molar-refractivity contribution < 1.29 is 20.3 Å². The normalized spacial score (nSPS) is 11.0. The summed E-state index contributed by atoms with van der Waals surface area (Å²) in [6, 6.07) is 0. The fourth-order valence-corrected chi connectivity index (χ4v) is 0.0957. The molecule has 4 nitrogen and oxygen atoms in total. The van der Waals surface area contributed by atoms with Gasteiger partial charge in [0.2, 0.25) is 0 Å². The highest BCUT2D eigenvalue weighted by atomic mass is 17.1. The summed E-state index contributed by atoms with van der Waals surface area (Å²) in [5.74, 6) is 0.0856. The third-order valence-electron chi connectivity index (χ3n) is 0.363. The second kappa shape index (κ2) is 3.45. The molecule has 42 valence electrons. The maximum Gasteiger partial charge on any atom is 0.177 e. The number of hydrogen-bond donors (Lipinski definition) is 2. The lowest BCUT2D eigenvalue weighted by Crippen LogP contribution is -1.79. The Morgan fingerprint density at radius 1 is 1.57 bits per heavy atom. The molecule has 7 heavy (non-hydrogen) atoms. The van der Waals surface area contributed by atoms with Crippen LogP contribution in [0, 0.1) is 0 Å². The van der Waals surface area contributed by atoms with E-state index in [0.717, 1.165) is 6.26 Å². The molecule has 0 aromatic carbocycles. The Bertz CT molecular complexity index is 67.3. The Balaban J connectivity index is 3.29. The number of allylic oxidation sites excluding steroid dienone is 1. The highest BCUT2D eigenvalue weighted by Crippen LogP contribution is 1.88. The molecule has 0 spiro atoms. The molecule has 0 aromatic heterocycles. The van der Waals surface area contributed by atoms with Gasteiger partial charge in [0.1, 0.15) is 0 Å². The molecule has 0 radical (unpaired) electrons. The molecule has 0 rings (SSSR count). The van der Waals surface area contributed by atoms with Crippen molar-refractivity contribution in [3.05, 3.63) is 12.0 Å². The first-order chi connectivity index (χ1) is 3.31. The molecule has 0 aliphatic carbocycles. The zero-order valence-corrected chi connectivity index (χ0v) is 3.79. The van der Waals surface area contributed by atoms with Gasteiger partial charge in [-0.3, -0.25) is 0 Å². The Morgan fingerprint density at radius 3 is 2.29 bits per heavy atom. The number of hydrogen-bond acceptors (Lipinski definition) is 4. The van der Waals surface area contributed by atoms with Gasteiger partial charge in [-0.15, -0.1) is 0 Å². The van der Waals surface area contributed by atoms with E-state index in [1.54, 1.807) is 0 Å². The summed E-state index contributed by atoms with van der Waals surface area (Å²) < 4.78 is 0. The minimum Gasteiger partial charge on any atom is -0.344 e. The summed E-state index contributed by atoms with van der Waals surface area (Å²) in [4.78, 5) is 7.01. The average molecular weight is 106 g/mol. The molecule has 4 heteroatoms. The predicted octanol–water partition coefficient (Wildman–Crippen LogP) is 0.827. The molecule has 0 heterocycles. The molecule has 0 aliphatic rings. The van der Waals surface area contributed by atoms with E-state index in [-0.39, 0.29) is 5.76 Å². The van der Waals surface area contributed by atoms with Crippen LogP contribution in [0.5, 0.6) is 0 Å². The van der Waals surface area contributed by atoms with Crippen molar-refractivity contribution in [2.24, 2.45) is 0 Å². The Kier molecular flexibility index (Phi) is 3.09.